The maximum Gasteiger partial charge on any atom is 0.340 e. The summed E-state index contributed by atoms with van der Waals surface area (Å²) >= 11 is 0. The number of hydrogen-bond acceptors (Lipinski definition) is 5. The second-order valence-corrected chi connectivity index (χ2v) is 9.32. The Labute approximate surface area is 189 Å². The van der Waals surface area contributed by atoms with Crippen molar-refractivity contribution in [2.24, 2.45) is 0 Å². The fourth-order valence-corrected chi connectivity index (χ4v) is 4.98. The van der Waals surface area contributed by atoms with E-state index in [9.17, 15) is 13.2 Å². The Bertz CT molecular complexity index is 1170. The first-order valence-electron chi connectivity index (χ1n) is 10.3. The lowest BCUT2D eigenvalue weighted by Gasteiger charge is -2.22. The maximum atomic E-state index is 13.5. The summed E-state index contributed by atoms with van der Waals surface area (Å²) in [6.45, 7) is 5.83. The molecule has 0 saturated heterocycles. The Hall–Kier alpha value is -3.10. The number of nitrogens with zero attached hydrogens (tertiary/aromatic N) is 1. The third kappa shape index (κ3) is 5.03. The molecule has 7 nitrogen and oxygen atoms in total. The van der Waals surface area contributed by atoms with Gasteiger partial charge >= 0.3 is 5.97 Å². The van der Waals surface area contributed by atoms with E-state index in [1.54, 1.807) is 70.3 Å². The molecule has 0 unspecified atom stereocenters. The number of ether oxygens (including phenoxy) is 2. The van der Waals surface area contributed by atoms with Crippen LogP contribution in [0.2, 0.25) is 0 Å². The summed E-state index contributed by atoms with van der Waals surface area (Å²) < 4.78 is 38.8. The molecule has 3 aromatic rings. The molecule has 0 aliphatic heterocycles. The number of rotatable bonds is 9. The zero-order valence-corrected chi connectivity index (χ0v) is 19.5. The average Bonchev–Trinajstić information content (AvgIpc) is 3.07. The Kier molecular flexibility index (Phi) is 7.37. The highest BCUT2D eigenvalue weighted by molar-refractivity contribution is 7.89. The number of aryl methyl sites for hydroxylation is 1. The fourth-order valence-electron chi connectivity index (χ4n) is 3.56. The SMILES string of the molecule is CCOC(=O)c1c(C)[nH]c(CN(Cc2ccc(OC)cc2)S(=O)(=O)c2ccccc2)c1C. The predicted octanol–water partition coefficient (Wildman–Crippen LogP) is 4.21. The molecule has 32 heavy (non-hydrogen) atoms. The van der Waals surface area contributed by atoms with Crippen LogP contribution in [0, 0.1) is 13.8 Å². The van der Waals surface area contributed by atoms with Crippen molar-refractivity contribution in [1.29, 1.82) is 0 Å². The number of H-pyrrole nitrogens is 1. The molecular formula is C24H28N2O5S. The number of benzene rings is 2. The first-order valence-corrected chi connectivity index (χ1v) is 11.7. The summed E-state index contributed by atoms with van der Waals surface area (Å²) in [4.78, 5) is 15.8. The van der Waals surface area contributed by atoms with Crippen molar-refractivity contribution < 1.29 is 22.7 Å². The number of sulfonamides is 1. The second kappa shape index (κ2) is 10.0. The van der Waals surface area contributed by atoms with Crippen LogP contribution in [-0.2, 0) is 27.8 Å². The number of esters is 1. The average molecular weight is 457 g/mol. The van der Waals surface area contributed by atoms with Crippen LogP contribution in [0.25, 0.3) is 0 Å². The first-order chi connectivity index (χ1) is 15.3. The summed E-state index contributed by atoms with van der Waals surface area (Å²) in [5.41, 5.74) is 3.25. The van der Waals surface area contributed by atoms with Crippen LogP contribution in [0.3, 0.4) is 0 Å². The summed E-state index contributed by atoms with van der Waals surface area (Å²) in [7, 11) is -2.22. The van der Waals surface area contributed by atoms with Crippen molar-refractivity contribution in [2.75, 3.05) is 13.7 Å². The van der Waals surface area contributed by atoms with Gasteiger partial charge in [0, 0.05) is 17.9 Å². The van der Waals surface area contributed by atoms with Crippen LogP contribution < -0.4 is 4.74 Å². The van der Waals surface area contributed by atoms with E-state index in [-0.39, 0.29) is 24.6 Å². The Morgan fingerprint density at radius 1 is 1.00 bits per heavy atom. The van der Waals surface area contributed by atoms with E-state index in [2.05, 4.69) is 4.98 Å². The minimum absolute atomic E-state index is 0.0787. The van der Waals surface area contributed by atoms with E-state index in [1.165, 1.54) is 4.31 Å². The molecule has 0 aliphatic carbocycles. The van der Waals surface area contributed by atoms with E-state index in [1.807, 2.05) is 12.1 Å². The number of aromatic amines is 1. The zero-order chi connectivity index (χ0) is 23.3. The highest BCUT2D eigenvalue weighted by Gasteiger charge is 2.28. The van der Waals surface area contributed by atoms with Gasteiger partial charge in [0.1, 0.15) is 5.75 Å². The number of aromatic nitrogens is 1. The molecule has 0 amide bonds. The van der Waals surface area contributed by atoms with Crippen LogP contribution in [0.1, 0.15) is 39.8 Å². The van der Waals surface area contributed by atoms with Gasteiger partial charge in [0.15, 0.2) is 0 Å². The number of nitrogens with one attached hydrogen (secondary N) is 1. The highest BCUT2D eigenvalue weighted by atomic mass is 32.2. The Morgan fingerprint density at radius 2 is 1.66 bits per heavy atom. The summed E-state index contributed by atoms with van der Waals surface area (Å²) in [6.07, 6.45) is 0. The third-order valence-electron chi connectivity index (χ3n) is 5.25. The molecule has 0 bridgehead atoms. The van der Waals surface area contributed by atoms with Gasteiger partial charge in [0.2, 0.25) is 10.0 Å². The molecule has 1 N–H and O–H groups in total. The third-order valence-corrected chi connectivity index (χ3v) is 7.06. The van der Waals surface area contributed by atoms with Crippen molar-refractivity contribution in [1.82, 2.24) is 9.29 Å². The largest absolute Gasteiger partial charge is 0.497 e. The number of carbonyl (C=O) groups excluding carboxylic acids is 1. The topological polar surface area (TPSA) is 88.7 Å². The quantitative estimate of drug-likeness (QED) is 0.487. The second-order valence-electron chi connectivity index (χ2n) is 7.38. The van der Waals surface area contributed by atoms with Crippen molar-refractivity contribution in [3.05, 3.63) is 82.7 Å². The minimum atomic E-state index is -3.80. The normalized spacial score (nSPS) is 11.5. The summed E-state index contributed by atoms with van der Waals surface area (Å²) in [5, 5.41) is 0. The van der Waals surface area contributed by atoms with E-state index >= 15 is 0 Å². The van der Waals surface area contributed by atoms with Gasteiger partial charge in [-0.25, -0.2) is 13.2 Å². The molecule has 3 rings (SSSR count). The van der Waals surface area contributed by atoms with Gasteiger partial charge in [-0.05, 0) is 56.2 Å². The number of hydrogen-bond donors (Lipinski definition) is 1. The van der Waals surface area contributed by atoms with Gasteiger partial charge in [-0.15, -0.1) is 0 Å². The van der Waals surface area contributed by atoms with Crippen LogP contribution in [0.15, 0.2) is 59.5 Å². The minimum Gasteiger partial charge on any atom is -0.497 e. The number of carbonyl (C=O) groups is 1. The standard InChI is InChI=1S/C24H28N2O5S/c1-5-31-24(27)23-17(2)22(25-18(23)3)16-26(15-19-11-13-20(30-4)14-12-19)32(28,29)21-9-7-6-8-10-21/h6-14,25H,5,15-16H2,1-4H3. The van der Waals surface area contributed by atoms with Crippen molar-refractivity contribution in [3.63, 3.8) is 0 Å². The molecule has 170 valence electrons. The molecule has 8 heteroatoms. The van der Waals surface area contributed by atoms with Gasteiger partial charge in [-0.3, -0.25) is 0 Å². The molecule has 0 radical (unpaired) electrons. The molecule has 1 heterocycles. The van der Waals surface area contributed by atoms with Crippen LogP contribution in [0.5, 0.6) is 5.75 Å². The molecule has 2 aromatic carbocycles. The Morgan fingerprint density at radius 3 is 2.25 bits per heavy atom. The van der Waals surface area contributed by atoms with E-state index in [0.717, 1.165) is 5.56 Å². The summed E-state index contributed by atoms with van der Waals surface area (Å²) in [6, 6.07) is 15.6. The predicted molar refractivity (Wildman–Crippen MR) is 122 cm³/mol. The molecule has 0 saturated carbocycles. The molecule has 0 atom stereocenters. The maximum absolute atomic E-state index is 13.5. The van der Waals surface area contributed by atoms with Crippen LogP contribution in [0.4, 0.5) is 0 Å². The van der Waals surface area contributed by atoms with Crippen LogP contribution >= 0.6 is 0 Å². The Balaban J connectivity index is 1.99. The van der Waals surface area contributed by atoms with Gasteiger partial charge < -0.3 is 14.5 Å². The lowest BCUT2D eigenvalue weighted by Crippen LogP contribution is -2.30. The number of methoxy groups -OCH3 is 1. The van der Waals surface area contributed by atoms with Gasteiger partial charge in [-0.2, -0.15) is 4.31 Å². The zero-order valence-electron chi connectivity index (χ0n) is 18.7. The molecular weight excluding hydrogens is 428 g/mol. The van der Waals surface area contributed by atoms with E-state index < -0.39 is 16.0 Å². The highest BCUT2D eigenvalue weighted by Crippen LogP contribution is 2.25. The lowest BCUT2D eigenvalue weighted by molar-refractivity contribution is 0.0525. The molecule has 1 aromatic heterocycles. The molecule has 0 aliphatic rings. The van der Waals surface area contributed by atoms with Crippen LogP contribution in [-0.4, -0.2) is 37.4 Å². The first kappa shape index (κ1) is 23.6. The smallest absolute Gasteiger partial charge is 0.340 e. The molecule has 0 fully saturated rings. The summed E-state index contributed by atoms with van der Waals surface area (Å²) in [5.74, 6) is 0.277. The van der Waals surface area contributed by atoms with Gasteiger partial charge in [0.25, 0.3) is 0 Å². The monoisotopic (exact) mass is 456 g/mol. The van der Waals surface area contributed by atoms with E-state index in [0.29, 0.717) is 28.3 Å². The van der Waals surface area contributed by atoms with Crippen molar-refractivity contribution in [3.8, 4) is 5.75 Å². The van der Waals surface area contributed by atoms with Gasteiger partial charge in [0.05, 0.1) is 30.7 Å². The fraction of sp³-hybridized carbons (Fsp3) is 0.292. The van der Waals surface area contributed by atoms with Crippen molar-refractivity contribution >= 4 is 16.0 Å². The molecule has 0 spiro atoms. The van der Waals surface area contributed by atoms with E-state index in [4.69, 9.17) is 9.47 Å². The van der Waals surface area contributed by atoms with Gasteiger partial charge in [-0.1, -0.05) is 30.3 Å². The van der Waals surface area contributed by atoms with Crippen molar-refractivity contribution in [2.45, 2.75) is 38.8 Å². The lowest BCUT2D eigenvalue weighted by atomic mass is 10.1.